The van der Waals surface area contributed by atoms with Gasteiger partial charge in [-0.1, -0.05) is 36.4 Å². The Balaban J connectivity index is 1.73. The van der Waals surface area contributed by atoms with Crippen LogP contribution in [0.2, 0.25) is 0 Å². The Labute approximate surface area is 203 Å². The van der Waals surface area contributed by atoms with Gasteiger partial charge in [0.15, 0.2) is 11.6 Å². The van der Waals surface area contributed by atoms with Gasteiger partial charge in [0.2, 0.25) is 0 Å². The average molecular weight is 471 g/mol. The smallest absolute Gasteiger partial charge is 0.310 e. The highest BCUT2D eigenvalue weighted by Gasteiger charge is 2.25. The second-order valence-electron chi connectivity index (χ2n) is 8.83. The van der Waals surface area contributed by atoms with Crippen molar-refractivity contribution in [1.82, 2.24) is 9.97 Å². The molecule has 5 nitrogen and oxygen atoms in total. The molecule has 5 rings (SSSR count). The maximum atomic E-state index is 15.2. The molecule has 1 aliphatic rings. The van der Waals surface area contributed by atoms with Crippen molar-refractivity contribution in [3.05, 3.63) is 81.9 Å². The molecule has 0 saturated carbocycles. The van der Waals surface area contributed by atoms with E-state index in [1.165, 1.54) is 13.2 Å². The van der Waals surface area contributed by atoms with Crippen molar-refractivity contribution >= 4 is 29.2 Å². The van der Waals surface area contributed by atoms with Crippen LogP contribution in [0.3, 0.4) is 0 Å². The van der Waals surface area contributed by atoms with Crippen LogP contribution >= 0.6 is 0 Å². The molecule has 1 N–H and O–H groups in total. The average Bonchev–Trinajstić information content (AvgIpc) is 3.28. The number of H-pyrrole nitrogens is 1. The topological polar surface area (TPSA) is 64.2 Å². The third kappa shape index (κ3) is 4.32. The van der Waals surface area contributed by atoms with Crippen molar-refractivity contribution in [1.29, 1.82) is 0 Å². The van der Waals surface area contributed by atoms with Crippen LogP contribution in [-0.4, -0.2) is 29.7 Å². The minimum atomic E-state index is -0.383. The predicted molar refractivity (Wildman–Crippen MR) is 136 cm³/mol. The van der Waals surface area contributed by atoms with Gasteiger partial charge in [-0.25, -0.2) is 9.37 Å². The van der Waals surface area contributed by atoms with E-state index in [1.807, 2.05) is 62.4 Å². The van der Waals surface area contributed by atoms with E-state index in [4.69, 9.17) is 14.5 Å². The lowest BCUT2D eigenvalue weighted by Gasteiger charge is -2.23. The molecule has 6 heteroatoms. The number of pyridine rings is 1. The first-order chi connectivity index (χ1) is 17.0. The Morgan fingerprint density at radius 1 is 1.20 bits per heavy atom. The number of carbonyl (C=O) groups excluding carboxylic acids is 1. The van der Waals surface area contributed by atoms with Gasteiger partial charge in [-0.2, -0.15) is 0 Å². The molecule has 0 amide bonds. The van der Waals surface area contributed by atoms with Crippen molar-refractivity contribution in [3.8, 4) is 16.9 Å². The van der Waals surface area contributed by atoms with E-state index in [-0.39, 0.29) is 18.2 Å². The zero-order valence-corrected chi connectivity index (χ0v) is 20.1. The number of methoxy groups -OCH3 is 1. The minimum Gasteiger partial charge on any atom is -0.490 e. The number of ether oxygens (including phenoxy) is 2. The number of nitrogens with zero attached hydrogens (tertiary/aromatic N) is 1. The molecule has 0 spiro atoms. The van der Waals surface area contributed by atoms with Gasteiger partial charge in [-0.15, -0.1) is 0 Å². The lowest BCUT2D eigenvalue weighted by atomic mass is 9.87. The Kier molecular flexibility index (Phi) is 6.12. The van der Waals surface area contributed by atoms with Crippen LogP contribution in [0, 0.1) is 19.7 Å². The number of benzene rings is 2. The summed E-state index contributed by atoms with van der Waals surface area (Å²) >= 11 is 0. The maximum absolute atomic E-state index is 15.2. The van der Waals surface area contributed by atoms with Gasteiger partial charge in [0.1, 0.15) is 5.65 Å². The van der Waals surface area contributed by atoms with Crippen molar-refractivity contribution in [2.75, 3.05) is 13.7 Å². The van der Waals surface area contributed by atoms with E-state index in [0.717, 1.165) is 57.3 Å². The quantitative estimate of drug-likeness (QED) is 0.353. The standard InChI is InChI=1S/C29H27FN2O3/c1-17-21-10-7-13-35-28(21)25(30)15-22(17)27-23(16-26(33)34-3)18(2)31-29-24(27)14-20(32-29)12-11-19-8-5-4-6-9-19/h4-6,8-9,11-12,14-15H,7,10,13,16H2,1-3H3,(H,31,32)/b12-11+. The molecule has 0 fully saturated rings. The molecule has 2 aromatic heterocycles. The SMILES string of the molecule is COC(=O)Cc1c(C)nc2[nH]c(/C=C/c3ccccc3)cc2c1-c1cc(F)c2c(c1C)CCCO2. The van der Waals surface area contributed by atoms with E-state index in [9.17, 15) is 4.79 Å². The number of rotatable bonds is 5. The molecule has 0 bridgehead atoms. The Morgan fingerprint density at radius 3 is 2.77 bits per heavy atom. The molecule has 0 saturated heterocycles. The highest BCUT2D eigenvalue weighted by atomic mass is 19.1. The van der Waals surface area contributed by atoms with Crippen LogP contribution in [0.25, 0.3) is 34.3 Å². The number of fused-ring (bicyclic) bond motifs is 2. The maximum Gasteiger partial charge on any atom is 0.310 e. The molecule has 35 heavy (non-hydrogen) atoms. The van der Waals surface area contributed by atoms with Crippen LogP contribution in [0.15, 0.2) is 42.5 Å². The van der Waals surface area contributed by atoms with Crippen molar-refractivity contribution in [2.24, 2.45) is 0 Å². The van der Waals surface area contributed by atoms with Crippen molar-refractivity contribution in [3.63, 3.8) is 0 Å². The summed E-state index contributed by atoms with van der Waals surface area (Å²) in [7, 11) is 1.37. The first kappa shape index (κ1) is 22.8. The summed E-state index contributed by atoms with van der Waals surface area (Å²) in [6.07, 6.45) is 5.66. The van der Waals surface area contributed by atoms with Gasteiger partial charge in [0, 0.05) is 22.3 Å². The fraction of sp³-hybridized carbons (Fsp3) is 0.241. The monoisotopic (exact) mass is 470 g/mol. The molecule has 0 aliphatic carbocycles. The van der Waals surface area contributed by atoms with Gasteiger partial charge in [0.05, 0.1) is 20.1 Å². The molecule has 0 radical (unpaired) electrons. The summed E-state index contributed by atoms with van der Waals surface area (Å²) in [5.41, 5.74) is 7.47. The Bertz CT molecular complexity index is 1450. The third-order valence-electron chi connectivity index (χ3n) is 6.61. The van der Waals surface area contributed by atoms with Crippen molar-refractivity contribution < 1.29 is 18.7 Å². The van der Waals surface area contributed by atoms with E-state index >= 15 is 4.39 Å². The van der Waals surface area contributed by atoms with Crippen LogP contribution < -0.4 is 4.74 Å². The van der Waals surface area contributed by atoms with Gasteiger partial charge < -0.3 is 14.5 Å². The van der Waals surface area contributed by atoms with Crippen LogP contribution in [0.1, 0.15) is 40.1 Å². The number of halogens is 1. The second kappa shape index (κ2) is 9.37. The second-order valence-corrected chi connectivity index (χ2v) is 8.83. The number of hydrogen-bond donors (Lipinski definition) is 1. The summed E-state index contributed by atoms with van der Waals surface area (Å²) in [6, 6.07) is 13.6. The van der Waals surface area contributed by atoms with Gasteiger partial charge >= 0.3 is 5.97 Å². The summed E-state index contributed by atoms with van der Waals surface area (Å²) in [5.74, 6) is -0.407. The molecular weight excluding hydrogens is 443 g/mol. The predicted octanol–water partition coefficient (Wildman–Crippen LogP) is 6.20. The fourth-order valence-electron chi connectivity index (χ4n) is 4.82. The Hall–Kier alpha value is -3.93. The highest BCUT2D eigenvalue weighted by molar-refractivity contribution is 5.99. The normalized spacial score (nSPS) is 13.1. The first-order valence-corrected chi connectivity index (χ1v) is 11.7. The molecule has 0 atom stereocenters. The molecule has 0 unspecified atom stereocenters. The Morgan fingerprint density at radius 2 is 2.00 bits per heavy atom. The first-order valence-electron chi connectivity index (χ1n) is 11.7. The summed E-state index contributed by atoms with van der Waals surface area (Å²) in [5, 5.41) is 0.835. The summed E-state index contributed by atoms with van der Waals surface area (Å²) in [6.45, 7) is 4.38. The highest BCUT2D eigenvalue weighted by Crippen LogP contribution is 2.41. The summed E-state index contributed by atoms with van der Waals surface area (Å²) < 4.78 is 25.8. The van der Waals surface area contributed by atoms with E-state index < -0.39 is 0 Å². The fourth-order valence-corrected chi connectivity index (χ4v) is 4.82. The van der Waals surface area contributed by atoms with E-state index in [0.29, 0.717) is 23.7 Å². The molecular formula is C29H27FN2O3. The third-order valence-corrected chi connectivity index (χ3v) is 6.61. The number of esters is 1. The van der Waals surface area contributed by atoms with E-state index in [1.54, 1.807) is 0 Å². The molecule has 1 aliphatic heterocycles. The zero-order valence-electron chi connectivity index (χ0n) is 20.1. The van der Waals surface area contributed by atoms with Gasteiger partial charge in [-0.05, 0) is 72.7 Å². The molecule has 2 aromatic carbocycles. The minimum absolute atomic E-state index is 0.0512. The number of aromatic nitrogens is 2. The van der Waals surface area contributed by atoms with Gasteiger partial charge in [0.25, 0.3) is 0 Å². The molecule has 3 heterocycles. The lowest BCUT2D eigenvalue weighted by molar-refractivity contribution is -0.139. The van der Waals surface area contributed by atoms with E-state index in [2.05, 4.69) is 4.98 Å². The number of nitrogens with one attached hydrogen (secondary N) is 1. The summed E-state index contributed by atoms with van der Waals surface area (Å²) in [4.78, 5) is 20.5. The van der Waals surface area contributed by atoms with Crippen LogP contribution in [-0.2, 0) is 22.4 Å². The number of aromatic amines is 1. The largest absolute Gasteiger partial charge is 0.490 e. The van der Waals surface area contributed by atoms with Gasteiger partial charge in [-0.3, -0.25) is 4.79 Å². The zero-order chi connectivity index (χ0) is 24.5. The van der Waals surface area contributed by atoms with Crippen LogP contribution in [0.4, 0.5) is 4.39 Å². The molecule has 178 valence electrons. The number of aryl methyl sites for hydroxylation is 1. The number of hydrogen-bond acceptors (Lipinski definition) is 4. The molecule has 4 aromatic rings. The lowest BCUT2D eigenvalue weighted by Crippen LogP contribution is -2.13. The number of carbonyl (C=O) groups is 1. The van der Waals surface area contributed by atoms with Crippen molar-refractivity contribution in [2.45, 2.75) is 33.1 Å². The van der Waals surface area contributed by atoms with Crippen LogP contribution in [0.5, 0.6) is 5.75 Å².